The normalized spacial score (nSPS) is 11.3. The Labute approximate surface area is 203 Å². The van der Waals surface area contributed by atoms with Crippen LogP contribution in [0.1, 0.15) is 61.4 Å². The molecule has 4 nitrogen and oxygen atoms in total. The molecule has 0 unspecified atom stereocenters. The van der Waals surface area contributed by atoms with E-state index in [0.717, 1.165) is 13.0 Å². The van der Waals surface area contributed by atoms with Crippen molar-refractivity contribution in [2.24, 2.45) is 0 Å². The van der Waals surface area contributed by atoms with Crippen LogP contribution in [0.3, 0.4) is 0 Å². The van der Waals surface area contributed by atoms with Crippen LogP contribution in [0.2, 0.25) is 0 Å². The summed E-state index contributed by atoms with van der Waals surface area (Å²) in [5.74, 6) is -0.630. The highest BCUT2D eigenvalue weighted by Gasteiger charge is 2.19. The Kier molecular flexibility index (Phi) is 12.6. The van der Waals surface area contributed by atoms with Crippen molar-refractivity contribution in [2.75, 3.05) is 32.5 Å². The Hall–Kier alpha value is -2.50. The molecule has 0 radical (unpaired) electrons. The zero-order valence-electron chi connectivity index (χ0n) is 19.9. The summed E-state index contributed by atoms with van der Waals surface area (Å²) in [4.78, 5) is 24.8. The Morgan fingerprint density at radius 2 is 1.58 bits per heavy atom. The number of rotatable bonds is 13. The first kappa shape index (κ1) is 28.5. The summed E-state index contributed by atoms with van der Waals surface area (Å²) < 4.78 is 14.3. The topological polar surface area (TPSA) is 46.2 Å². The lowest BCUT2D eigenvalue weighted by molar-refractivity contribution is -0.882. The van der Waals surface area contributed by atoms with E-state index < -0.39 is 0 Å². The molecule has 2 aromatic rings. The summed E-state index contributed by atoms with van der Waals surface area (Å²) in [5.41, 5.74) is 1.51. The molecule has 0 bridgehead atoms. The lowest BCUT2D eigenvalue weighted by Gasteiger charge is -2.29. The number of carbonyl (C=O) groups excluding carboxylic acids is 2. The van der Waals surface area contributed by atoms with Crippen LogP contribution in [0.5, 0.6) is 0 Å². The zero-order valence-corrected chi connectivity index (χ0v) is 20.7. The molecular formula is C27H36ClFN2O2. The van der Waals surface area contributed by atoms with Crippen molar-refractivity contribution in [3.05, 3.63) is 71.6 Å². The van der Waals surface area contributed by atoms with Crippen LogP contribution in [0, 0.1) is 5.82 Å². The van der Waals surface area contributed by atoms with Gasteiger partial charge in [0.2, 0.25) is 0 Å². The van der Waals surface area contributed by atoms with Gasteiger partial charge in [0.05, 0.1) is 20.6 Å². The number of hydrogen-bond acceptors (Lipinski definition) is 2. The van der Waals surface area contributed by atoms with Crippen LogP contribution >= 0.6 is 0 Å². The van der Waals surface area contributed by atoms with Crippen molar-refractivity contribution < 1.29 is 30.9 Å². The number of ketones is 1. The van der Waals surface area contributed by atoms with E-state index in [0.29, 0.717) is 27.8 Å². The minimum Gasteiger partial charge on any atom is -1.00 e. The first-order valence-electron chi connectivity index (χ1n) is 11.5. The summed E-state index contributed by atoms with van der Waals surface area (Å²) >= 11 is 0. The van der Waals surface area contributed by atoms with E-state index in [2.05, 4.69) is 26.3 Å². The molecule has 1 N–H and O–H groups in total. The molecule has 0 aliphatic rings. The van der Waals surface area contributed by atoms with E-state index >= 15 is 0 Å². The number of unbranched alkanes of at least 4 members (excludes halogenated alkanes) is 5. The number of halogens is 2. The second-order valence-corrected chi connectivity index (χ2v) is 8.93. The van der Waals surface area contributed by atoms with Gasteiger partial charge in [0.25, 0.3) is 5.91 Å². The predicted molar refractivity (Wildman–Crippen MR) is 130 cm³/mol. The van der Waals surface area contributed by atoms with Gasteiger partial charge in [-0.25, -0.2) is 4.39 Å². The van der Waals surface area contributed by atoms with E-state index in [9.17, 15) is 14.0 Å². The molecule has 0 atom stereocenters. The molecule has 0 aliphatic heterocycles. The summed E-state index contributed by atoms with van der Waals surface area (Å²) in [6.07, 6.45) is 10.3. The number of nitrogens with one attached hydrogen (secondary N) is 1. The molecule has 33 heavy (non-hydrogen) atoms. The van der Waals surface area contributed by atoms with Crippen molar-refractivity contribution in [3.63, 3.8) is 0 Å². The summed E-state index contributed by atoms with van der Waals surface area (Å²) in [6.45, 7) is 3.59. The number of allylic oxidation sites excluding steroid dienone is 1. The largest absolute Gasteiger partial charge is 1.00 e. The Bertz CT molecular complexity index is 911. The summed E-state index contributed by atoms with van der Waals surface area (Å²) in [5, 5.41) is 2.91. The summed E-state index contributed by atoms with van der Waals surface area (Å²) in [7, 11) is 4.16. The van der Waals surface area contributed by atoms with Gasteiger partial charge in [0, 0.05) is 16.8 Å². The Morgan fingerprint density at radius 3 is 2.24 bits per heavy atom. The van der Waals surface area contributed by atoms with Crippen molar-refractivity contribution in [1.82, 2.24) is 0 Å². The molecule has 1 amide bonds. The third-order valence-corrected chi connectivity index (χ3v) is 5.46. The van der Waals surface area contributed by atoms with Gasteiger partial charge < -0.3 is 22.2 Å². The SMILES string of the molecule is CCCCCCCC[N+](C)(C)CC(=O)Nc1ccc(C(=O)/C=C/c2ccccc2F)cc1.[Cl-]. The zero-order chi connectivity index (χ0) is 23.4. The standard InChI is InChI=1S/C27H35FN2O2.ClH/c1-4-5-6-7-8-11-20-30(2,3)21-27(32)29-24-17-14-23(15-18-24)26(31)19-16-22-12-9-10-13-25(22)28;/h9-10,12-19H,4-8,11,20-21H2,1-3H3;1H/b19-16+;. The maximum Gasteiger partial charge on any atom is 0.279 e. The molecule has 0 aromatic heterocycles. The number of hydrogen-bond donors (Lipinski definition) is 1. The van der Waals surface area contributed by atoms with Crippen LogP contribution < -0.4 is 17.7 Å². The number of benzene rings is 2. The molecule has 0 saturated heterocycles. The molecule has 6 heteroatoms. The third-order valence-electron chi connectivity index (χ3n) is 5.46. The molecule has 0 heterocycles. The number of carbonyl (C=O) groups is 2. The van der Waals surface area contributed by atoms with Gasteiger partial charge in [-0.1, -0.05) is 50.8 Å². The number of quaternary nitrogens is 1. The fraction of sp³-hybridized carbons (Fsp3) is 0.407. The van der Waals surface area contributed by atoms with E-state index in [1.54, 1.807) is 42.5 Å². The minimum absolute atomic E-state index is 0. The van der Waals surface area contributed by atoms with Gasteiger partial charge in [-0.3, -0.25) is 9.59 Å². The smallest absolute Gasteiger partial charge is 0.279 e. The maximum absolute atomic E-state index is 13.7. The molecule has 0 saturated carbocycles. The fourth-order valence-electron chi connectivity index (χ4n) is 3.58. The van der Waals surface area contributed by atoms with Gasteiger partial charge in [0.15, 0.2) is 12.3 Å². The van der Waals surface area contributed by atoms with Gasteiger partial charge in [0.1, 0.15) is 5.82 Å². The second kappa shape index (κ2) is 14.6. The van der Waals surface area contributed by atoms with Crippen LogP contribution in [-0.2, 0) is 4.79 Å². The van der Waals surface area contributed by atoms with Crippen molar-refractivity contribution in [3.8, 4) is 0 Å². The number of anilines is 1. The fourth-order valence-corrected chi connectivity index (χ4v) is 3.58. The van der Waals surface area contributed by atoms with Crippen molar-refractivity contribution in [1.29, 1.82) is 0 Å². The second-order valence-electron chi connectivity index (χ2n) is 8.93. The first-order chi connectivity index (χ1) is 15.3. The molecule has 2 rings (SSSR count). The molecule has 0 fully saturated rings. The highest BCUT2D eigenvalue weighted by atomic mass is 35.5. The van der Waals surface area contributed by atoms with Crippen LogP contribution in [0.25, 0.3) is 6.08 Å². The molecule has 0 aliphatic carbocycles. The monoisotopic (exact) mass is 474 g/mol. The lowest BCUT2D eigenvalue weighted by atomic mass is 10.1. The molecule has 180 valence electrons. The van der Waals surface area contributed by atoms with Gasteiger partial charge in [-0.05, 0) is 55.3 Å². The number of amides is 1. The van der Waals surface area contributed by atoms with Crippen LogP contribution in [-0.4, -0.2) is 43.4 Å². The average Bonchev–Trinajstić information content (AvgIpc) is 2.75. The first-order valence-corrected chi connectivity index (χ1v) is 11.5. The Morgan fingerprint density at radius 1 is 0.939 bits per heavy atom. The van der Waals surface area contributed by atoms with Crippen LogP contribution in [0.15, 0.2) is 54.6 Å². The highest BCUT2D eigenvalue weighted by molar-refractivity contribution is 6.07. The van der Waals surface area contributed by atoms with Crippen LogP contribution in [0.4, 0.5) is 10.1 Å². The van der Waals surface area contributed by atoms with Crippen molar-refractivity contribution in [2.45, 2.75) is 45.4 Å². The van der Waals surface area contributed by atoms with Gasteiger partial charge >= 0.3 is 0 Å². The van der Waals surface area contributed by atoms with Gasteiger partial charge in [-0.2, -0.15) is 0 Å². The minimum atomic E-state index is -0.368. The number of likely N-dealkylation sites (N-methyl/N-ethyl adjacent to an activating group) is 1. The average molecular weight is 475 g/mol. The molecule has 0 spiro atoms. The van der Waals surface area contributed by atoms with E-state index in [1.807, 2.05) is 0 Å². The Balaban J connectivity index is 0.00000544. The maximum atomic E-state index is 13.7. The van der Waals surface area contributed by atoms with E-state index in [1.165, 1.54) is 50.3 Å². The number of nitrogens with zero attached hydrogens (tertiary/aromatic N) is 1. The van der Waals surface area contributed by atoms with E-state index in [-0.39, 0.29) is 29.9 Å². The van der Waals surface area contributed by atoms with Crippen molar-refractivity contribution >= 4 is 23.5 Å². The lowest BCUT2D eigenvalue weighted by Crippen LogP contribution is -3.00. The quantitative estimate of drug-likeness (QED) is 0.210. The predicted octanol–water partition coefficient (Wildman–Crippen LogP) is 3.10. The van der Waals surface area contributed by atoms with Gasteiger partial charge in [-0.15, -0.1) is 0 Å². The molecular weight excluding hydrogens is 439 g/mol. The van der Waals surface area contributed by atoms with E-state index in [4.69, 9.17) is 0 Å². The third kappa shape index (κ3) is 10.8. The summed E-state index contributed by atoms with van der Waals surface area (Å²) in [6, 6.07) is 13.1. The molecule has 2 aromatic carbocycles. The highest BCUT2D eigenvalue weighted by Crippen LogP contribution is 2.14.